The molecule has 0 radical (unpaired) electrons. The molecule has 0 aromatic heterocycles. The van der Waals surface area contributed by atoms with Gasteiger partial charge in [-0.05, 0) is 55.0 Å². The summed E-state index contributed by atoms with van der Waals surface area (Å²) < 4.78 is 31.7. The van der Waals surface area contributed by atoms with Crippen molar-refractivity contribution in [2.24, 2.45) is 0 Å². The Labute approximate surface area is 178 Å². The fourth-order valence-corrected chi connectivity index (χ4v) is 4.02. The van der Waals surface area contributed by atoms with E-state index in [1.54, 1.807) is 0 Å². The van der Waals surface area contributed by atoms with E-state index in [1.807, 2.05) is 31.2 Å². The first-order valence-corrected chi connectivity index (χ1v) is 9.83. The van der Waals surface area contributed by atoms with Crippen molar-refractivity contribution in [3.63, 3.8) is 0 Å². The molecule has 2 aliphatic heterocycles. The molecule has 4 rings (SSSR count). The maximum atomic E-state index is 13.1. The van der Waals surface area contributed by atoms with Crippen molar-refractivity contribution < 1.29 is 27.9 Å². The van der Waals surface area contributed by atoms with Crippen molar-refractivity contribution in [3.8, 4) is 0 Å². The number of carbonyl (C=O) groups excluding carboxylic acids is 1. The summed E-state index contributed by atoms with van der Waals surface area (Å²) in [7, 11) is 0. The van der Waals surface area contributed by atoms with Crippen LogP contribution in [0, 0.1) is 6.92 Å². The van der Waals surface area contributed by atoms with Gasteiger partial charge in [-0.15, -0.1) is 0 Å². The minimum Gasteiger partial charge on any atom is -0.475 e. The predicted molar refractivity (Wildman–Crippen MR) is 111 cm³/mol. The first kappa shape index (κ1) is 22.4. The standard InChI is InChI=1S/C21H22N2O.C2HF3O2/c1-14-7-8-17(22)13-20(14)21(24)23-18-9-10-19(23)12-16(11-18)15-5-3-2-4-6-15;3-2(4,5)1(6)7/h2-8,11,13,18-19H,9-10,12,22H2,1H3;(H,6,7). The van der Waals surface area contributed by atoms with Crippen molar-refractivity contribution in [1.29, 1.82) is 0 Å². The second-order valence-electron chi connectivity index (χ2n) is 7.65. The van der Waals surface area contributed by atoms with Gasteiger partial charge in [0.2, 0.25) is 0 Å². The quantitative estimate of drug-likeness (QED) is 0.676. The van der Waals surface area contributed by atoms with Gasteiger partial charge in [-0.2, -0.15) is 13.2 Å². The number of halogens is 3. The summed E-state index contributed by atoms with van der Waals surface area (Å²) in [6, 6.07) is 16.6. The second-order valence-corrected chi connectivity index (χ2v) is 7.65. The van der Waals surface area contributed by atoms with Gasteiger partial charge in [-0.1, -0.05) is 42.5 Å². The maximum absolute atomic E-state index is 13.1. The van der Waals surface area contributed by atoms with Gasteiger partial charge in [0.05, 0.1) is 6.04 Å². The largest absolute Gasteiger partial charge is 0.490 e. The van der Waals surface area contributed by atoms with Crippen molar-refractivity contribution in [3.05, 3.63) is 71.3 Å². The Morgan fingerprint density at radius 1 is 1.10 bits per heavy atom. The number of carbonyl (C=O) groups is 2. The van der Waals surface area contributed by atoms with Gasteiger partial charge in [-0.3, -0.25) is 4.79 Å². The highest BCUT2D eigenvalue weighted by Crippen LogP contribution is 2.39. The Balaban J connectivity index is 0.000000339. The number of nitrogens with two attached hydrogens (primary N) is 1. The molecule has 1 saturated heterocycles. The third-order valence-electron chi connectivity index (χ3n) is 5.51. The summed E-state index contributed by atoms with van der Waals surface area (Å²) in [5, 5.41) is 7.12. The zero-order valence-electron chi connectivity index (χ0n) is 16.9. The SMILES string of the molecule is Cc1ccc(N)cc1C(=O)N1C2C=C(c3ccccc3)CC1CC2.O=C(O)C(F)(F)F. The van der Waals surface area contributed by atoms with E-state index in [4.69, 9.17) is 15.6 Å². The lowest BCUT2D eigenvalue weighted by atomic mass is 9.94. The number of fused-ring (bicyclic) bond motifs is 2. The lowest BCUT2D eigenvalue weighted by molar-refractivity contribution is -0.192. The molecule has 5 nitrogen and oxygen atoms in total. The third kappa shape index (κ3) is 5.07. The molecule has 8 heteroatoms. The number of aliphatic carboxylic acids is 1. The third-order valence-corrected chi connectivity index (χ3v) is 5.51. The predicted octanol–water partition coefficient (Wildman–Crippen LogP) is 4.67. The molecule has 1 amide bonds. The fraction of sp³-hybridized carbons (Fsp3) is 0.304. The van der Waals surface area contributed by atoms with Crippen LogP contribution in [-0.4, -0.2) is 40.1 Å². The summed E-state index contributed by atoms with van der Waals surface area (Å²) in [4.78, 5) is 24.1. The van der Waals surface area contributed by atoms with Gasteiger partial charge < -0.3 is 15.7 Å². The van der Waals surface area contributed by atoms with Crippen LogP contribution in [0.3, 0.4) is 0 Å². The number of benzene rings is 2. The maximum Gasteiger partial charge on any atom is 0.490 e. The number of amides is 1. The molecule has 0 aliphatic carbocycles. The zero-order chi connectivity index (χ0) is 22.8. The van der Waals surface area contributed by atoms with Crippen LogP contribution in [-0.2, 0) is 4.79 Å². The topological polar surface area (TPSA) is 83.6 Å². The molecule has 2 aromatic carbocycles. The molecule has 0 saturated carbocycles. The molecule has 1 fully saturated rings. The number of alkyl halides is 3. The molecule has 164 valence electrons. The lowest BCUT2D eigenvalue weighted by Gasteiger charge is -2.34. The minimum absolute atomic E-state index is 0.121. The Kier molecular flexibility index (Phi) is 6.38. The van der Waals surface area contributed by atoms with E-state index in [0.29, 0.717) is 11.7 Å². The van der Waals surface area contributed by atoms with Crippen LogP contribution in [0.25, 0.3) is 5.57 Å². The molecule has 2 bridgehead atoms. The average Bonchev–Trinajstić information content (AvgIpc) is 2.99. The van der Waals surface area contributed by atoms with Gasteiger partial charge in [0.15, 0.2) is 0 Å². The summed E-state index contributed by atoms with van der Waals surface area (Å²) in [5.74, 6) is -2.64. The van der Waals surface area contributed by atoms with E-state index in [-0.39, 0.29) is 11.9 Å². The lowest BCUT2D eigenvalue weighted by Crippen LogP contribution is -2.43. The number of nitrogens with zero attached hydrogens (tertiary/aromatic N) is 1. The number of rotatable bonds is 2. The molecular weight excluding hydrogens is 409 g/mol. The number of anilines is 1. The molecule has 2 heterocycles. The minimum atomic E-state index is -5.08. The Morgan fingerprint density at radius 3 is 2.32 bits per heavy atom. The van der Waals surface area contributed by atoms with Crippen LogP contribution < -0.4 is 5.73 Å². The first-order valence-electron chi connectivity index (χ1n) is 9.83. The summed E-state index contributed by atoms with van der Waals surface area (Å²) >= 11 is 0. The Bertz CT molecular complexity index is 1000. The highest BCUT2D eigenvalue weighted by molar-refractivity contribution is 5.97. The molecule has 31 heavy (non-hydrogen) atoms. The van der Waals surface area contributed by atoms with Gasteiger partial charge in [-0.25, -0.2) is 4.79 Å². The van der Waals surface area contributed by atoms with E-state index in [2.05, 4.69) is 35.2 Å². The van der Waals surface area contributed by atoms with Gasteiger partial charge in [0, 0.05) is 17.3 Å². The molecule has 0 spiro atoms. The first-order chi connectivity index (χ1) is 14.6. The highest BCUT2D eigenvalue weighted by atomic mass is 19.4. The smallest absolute Gasteiger partial charge is 0.475 e. The van der Waals surface area contributed by atoms with Crippen molar-refractivity contribution in [2.75, 3.05) is 5.73 Å². The van der Waals surface area contributed by atoms with Crippen LogP contribution in [0.1, 0.15) is 40.7 Å². The van der Waals surface area contributed by atoms with E-state index in [1.165, 1.54) is 11.1 Å². The second kappa shape index (κ2) is 8.83. The summed E-state index contributed by atoms with van der Waals surface area (Å²) in [6.07, 6.45) is 0.269. The van der Waals surface area contributed by atoms with E-state index >= 15 is 0 Å². The average molecular weight is 432 g/mol. The van der Waals surface area contributed by atoms with Crippen LogP contribution in [0.4, 0.5) is 18.9 Å². The van der Waals surface area contributed by atoms with E-state index < -0.39 is 12.1 Å². The highest BCUT2D eigenvalue weighted by Gasteiger charge is 2.40. The molecule has 2 unspecified atom stereocenters. The molecule has 2 aliphatic rings. The monoisotopic (exact) mass is 432 g/mol. The van der Waals surface area contributed by atoms with Crippen molar-refractivity contribution >= 4 is 23.1 Å². The van der Waals surface area contributed by atoms with Gasteiger partial charge >= 0.3 is 12.1 Å². The van der Waals surface area contributed by atoms with Crippen LogP contribution >= 0.6 is 0 Å². The molecule has 3 N–H and O–H groups in total. The van der Waals surface area contributed by atoms with Crippen LogP contribution in [0.15, 0.2) is 54.6 Å². The number of carboxylic acid groups (broad SMARTS) is 1. The normalized spacial score (nSPS) is 19.9. The fourth-order valence-electron chi connectivity index (χ4n) is 4.02. The van der Waals surface area contributed by atoms with Crippen molar-refractivity contribution in [1.82, 2.24) is 4.90 Å². The Hall–Kier alpha value is -3.29. The van der Waals surface area contributed by atoms with Crippen LogP contribution in [0.2, 0.25) is 0 Å². The van der Waals surface area contributed by atoms with E-state index in [9.17, 15) is 18.0 Å². The number of hydrogen-bond donors (Lipinski definition) is 2. The number of carboxylic acids is 1. The summed E-state index contributed by atoms with van der Waals surface area (Å²) in [5.41, 5.74) is 10.9. The number of nitrogen functional groups attached to an aromatic ring is 1. The molecular formula is C23H23F3N2O3. The summed E-state index contributed by atoms with van der Waals surface area (Å²) in [6.45, 7) is 1.98. The zero-order valence-corrected chi connectivity index (χ0v) is 16.9. The van der Waals surface area contributed by atoms with Gasteiger partial charge in [0.25, 0.3) is 5.91 Å². The van der Waals surface area contributed by atoms with Gasteiger partial charge in [0.1, 0.15) is 0 Å². The molecule has 2 aromatic rings. The molecule has 2 atom stereocenters. The number of hydrogen-bond acceptors (Lipinski definition) is 3. The van der Waals surface area contributed by atoms with Crippen molar-refractivity contribution in [2.45, 2.75) is 44.4 Å². The Morgan fingerprint density at radius 2 is 1.74 bits per heavy atom. The number of aryl methyl sites for hydroxylation is 1. The van der Waals surface area contributed by atoms with Crippen LogP contribution in [0.5, 0.6) is 0 Å². The van der Waals surface area contributed by atoms with E-state index in [0.717, 1.165) is 30.4 Å².